The number of nitrogens with zero attached hydrogens (tertiary/aromatic N) is 1. The highest BCUT2D eigenvalue weighted by molar-refractivity contribution is 5.77. The van der Waals surface area contributed by atoms with Gasteiger partial charge in [0.25, 0.3) is 0 Å². The molecular formula is C16H30N2O. The summed E-state index contributed by atoms with van der Waals surface area (Å²) in [6.07, 6.45) is 6.79. The molecule has 3 heteroatoms. The maximum absolute atomic E-state index is 12.4. The minimum absolute atomic E-state index is 0.365. The van der Waals surface area contributed by atoms with Gasteiger partial charge in [-0.3, -0.25) is 4.79 Å². The highest BCUT2D eigenvalue weighted by Crippen LogP contribution is 2.34. The molecule has 0 saturated carbocycles. The van der Waals surface area contributed by atoms with Crippen molar-refractivity contribution < 1.29 is 4.79 Å². The van der Waals surface area contributed by atoms with Crippen LogP contribution in [0.15, 0.2) is 0 Å². The van der Waals surface area contributed by atoms with E-state index in [2.05, 4.69) is 31.0 Å². The molecule has 3 nitrogen and oxygen atoms in total. The Morgan fingerprint density at radius 1 is 1.37 bits per heavy atom. The fraction of sp³-hybridized carbons (Fsp3) is 0.938. The molecule has 19 heavy (non-hydrogen) atoms. The van der Waals surface area contributed by atoms with Gasteiger partial charge in [0.05, 0.1) is 0 Å². The van der Waals surface area contributed by atoms with E-state index in [0.717, 1.165) is 19.6 Å². The maximum Gasteiger partial charge on any atom is 0.224 e. The van der Waals surface area contributed by atoms with Crippen molar-refractivity contribution >= 4 is 5.91 Å². The number of amides is 1. The van der Waals surface area contributed by atoms with Crippen LogP contribution in [0, 0.1) is 11.3 Å². The van der Waals surface area contributed by atoms with Crippen molar-refractivity contribution in [2.45, 2.75) is 65.3 Å². The zero-order valence-corrected chi connectivity index (χ0v) is 12.9. The lowest BCUT2D eigenvalue weighted by molar-refractivity contribution is -0.134. The highest BCUT2D eigenvalue weighted by atomic mass is 16.2. The van der Waals surface area contributed by atoms with E-state index in [4.69, 9.17) is 0 Å². The largest absolute Gasteiger partial charge is 0.343 e. The highest BCUT2D eigenvalue weighted by Gasteiger charge is 2.32. The molecule has 0 aromatic heterocycles. The third-order valence-corrected chi connectivity index (χ3v) is 5.50. The van der Waals surface area contributed by atoms with Crippen molar-refractivity contribution in [3.63, 3.8) is 0 Å². The van der Waals surface area contributed by atoms with Crippen molar-refractivity contribution in [1.29, 1.82) is 0 Å². The van der Waals surface area contributed by atoms with Gasteiger partial charge in [0, 0.05) is 25.6 Å². The number of likely N-dealkylation sites (tertiary alicyclic amines) is 1. The van der Waals surface area contributed by atoms with Gasteiger partial charge in [0.2, 0.25) is 5.91 Å². The van der Waals surface area contributed by atoms with Crippen LogP contribution in [0.5, 0.6) is 0 Å². The summed E-state index contributed by atoms with van der Waals surface area (Å²) in [4.78, 5) is 14.5. The average Bonchev–Trinajstić information content (AvgIpc) is 2.42. The zero-order chi connectivity index (χ0) is 13.9. The third kappa shape index (κ3) is 3.71. The molecule has 2 saturated heterocycles. The molecule has 0 aromatic carbocycles. The number of hydrogen-bond acceptors (Lipinski definition) is 2. The van der Waals surface area contributed by atoms with Gasteiger partial charge in [-0.15, -0.1) is 0 Å². The van der Waals surface area contributed by atoms with E-state index >= 15 is 0 Å². The lowest BCUT2D eigenvalue weighted by Gasteiger charge is -2.40. The summed E-state index contributed by atoms with van der Waals surface area (Å²) >= 11 is 0. The van der Waals surface area contributed by atoms with Gasteiger partial charge in [-0.25, -0.2) is 0 Å². The van der Waals surface area contributed by atoms with Gasteiger partial charge in [-0.1, -0.05) is 27.2 Å². The van der Waals surface area contributed by atoms with Crippen molar-refractivity contribution in [2.75, 3.05) is 19.6 Å². The van der Waals surface area contributed by atoms with Crippen LogP contribution in [-0.2, 0) is 4.79 Å². The first-order valence-corrected chi connectivity index (χ1v) is 8.05. The second-order valence-electron chi connectivity index (χ2n) is 6.93. The van der Waals surface area contributed by atoms with Crippen molar-refractivity contribution in [3.05, 3.63) is 0 Å². The average molecular weight is 266 g/mol. The molecule has 2 aliphatic heterocycles. The van der Waals surface area contributed by atoms with E-state index in [-0.39, 0.29) is 0 Å². The summed E-state index contributed by atoms with van der Waals surface area (Å²) in [7, 11) is 0. The molecule has 0 aliphatic carbocycles. The van der Waals surface area contributed by atoms with E-state index in [1.165, 1.54) is 32.1 Å². The molecule has 0 bridgehead atoms. The molecule has 2 atom stereocenters. The first-order valence-electron chi connectivity index (χ1n) is 8.05. The lowest BCUT2D eigenvalue weighted by Crippen LogP contribution is -2.47. The van der Waals surface area contributed by atoms with Crippen LogP contribution in [0.2, 0.25) is 0 Å². The maximum atomic E-state index is 12.4. The monoisotopic (exact) mass is 266 g/mol. The van der Waals surface area contributed by atoms with E-state index in [1.54, 1.807) is 0 Å². The van der Waals surface area contributed by atoms with Crippen LogP contribution in [0.3, 0.4) is 0 Å². The number of rotatable bonds is 3. The Kier molecular flexibility index (Phi) is 4.88. The summed E-state index contributed by atoms with van der Waals surface area (Å²) in [5.41, 5.74) is 0.465. The SMILES string of the molecule is CCC1(C)CCN(C(=O)CC2NCCCC2C)CC1. The number of carbonyl (C=O) groups excluding carboxylic acids is 1. The van der Waals surface area contributed by atoms with E-state index < -0.39 is 0 Å². The van der Waals surface area contributed by atoms with Crippen LogP contribution in [0.1, 0.15) is 59.3 Å². The Balaban J connectivity index is 1.81. The molecule has 1 N–H and O–H groups in total. The van der Waals surface area contributed by atoms with Gasteiger partial charge in [0.1, 0.15) is 0 Å². The summed E-state index contributed by atoms with van der Waals surface area (Å²) in [6.45, 7) is 9.91. The third-order valence-electron chi connectivity index (χ3n) is 5.50. The Morgan fingerprint density at radius 3 is 2.63 bits per heavy atom. The Morgan fingerprint density at radius 2 is 2.05 bits per heavy atom. The van der Waals surface area contributed by atoms with Crippen LogP contribution in [0.4, 0.5) is 0 Å². The van der Waals surface area contributed by atoms with Crippen LogP contribution in [-0.4, -0.2) is 36.5 Å². The fourth-order valence-corrected chi connectivity index (χ4v) is 3.35. The van der Waals surface area contributed by atoms with Crippen LogP contribution in [0.25, 0.3) is 0 Å². The molecule has 2 fully saturated rings. The topological polar surface area (TPSA) is 32.3 Å². The standard InChI is InChI=1S/C16H30N2O/c1-4-16(3)7-10-18(11-8-16)15(19)12-14-13(2)6-5-9-17-14/h13-14,17H,4-12H2,1-3H3. The molecule has 2 heterocycles. The molecule has 0 spiro atoms. The summed E-state index contributed by atoms with van der Waals surface area (Å²) in [6, 6.07) is 0.403. The molecule has 2 rings (SSSR count). The van der Waals surface area contributed by atoms with Gasteiger partial charge >= 0.3 is 0 Å². The van der Waals surface area contributed by atoms with Gasteiger partial charge in [-0.2, -0.15) is 0 Å². The second kappa shape index (κ2) is 6.25. The smallest absolute Gasteiger partial charge is 0.224 e. The number of piperidine rings is 2. The zero-order valence-electron chi connectivity index (χ0n) is 12.9. The molecule has 0 radical (unpaired) electrons. The molecule has 2 aliphatic rings. The number of carbonyl (C=O) groups is 1. The van der Waals surface area contributed by atoms with Crippen molar-refractivity contribution in [1.82, 2.24) is 10.2 Å². The summed E-state index contributed by atoms with van der Waals surface area (Å²) in [5.74, 6) is 1.01. The van der Waals surface area contributed by atoms with Crippen molar-refractivity contribution in [2.24, 2.45) is 11.3 Å². The number of nitrogens with one attached hydrogen (secondary N) is 1. The molecule has 2 unspecified atom stereocenters. The second-order valence-corrected chi connectivity index (χ2v) is 6.93. The van der Waals surface area contributed by atoms with Crippen LogP contribution < -0.4 is 5.32 Å². The quantitative estimate of drug-likeness (QED) is 0.852. The fourth-order valence-electron chi connectivity index (χ4n) is 3.35. The Labute approximate surface area is 118 Å². The summed E-state index contributed by atoms with van der Waals surface area (Å²) < 4.78 is 0. The van der Waals surface area contributed by atoms with Gasteiger partial charge < -0.3 is 10.2 Å². The lowest BCUT2D eigenvalue weighted by atomic mass is 9.78. The van der Waals surface area contributed by atoms with Crippen LogP contribution >= 0.6 is 0 Å². The van der Waals surface area contributed by atoms with E-state index in [1.807, 2.05) is 0 Å². The predicted molar refractivity (Wildman–Crippen MR) is 79.0 cm³/mol. The molecule has 0 aromatic rings. The Bertz CT molecular complexity index is 308. The number of hydrogen-bond donors (Lipinski definition) is 1. The first kappa shape index (κ1) is 14.8. The van der Waals surface area contributed by atoms with Gasteiger partial charge in [-0.05, 0) is 43.6 Å². The van der Waals surface area contributed by atoms with E-state index in [9.17, 15) is 4.79 Å². The first-order chi connectivity index (χ1) is 9.04. The molecule has 1 amide bonds. The molecule has 110 valence electrons. The predicted octanol–water partition coefficient (Wildman–Crippen LogP) is 2.80. The normalized spacial score (nSPS) is 31.2. The minimum Gasteiger partial charge on any atom is -0.343 e. The summed E-state index contributed by atoms with van der Waals surface area (Å²) in [5, 5.41) is 3.52. The van der Waals surface area contributed by atoms with Gasteiger partial charge in [0.15, 0.2) is 0 Å². The van der Waals surface area contributed by atoms with Crippen molar-refractivity contribution in [3.8, 4) is 0 Å². The minimum atomic E-state index is 0.365. The Hall–Kier alpha value is -0.570. The van der Waals surface area contributed by atoms with E-state index in [0.29, 0.717) is 29.7 Å². The molecular weight excluding hydrogens is 236 g/mol.